The zero-order valence-electron chi connectivity index (χ0n) is 11.6. The maximum atomic E-state index is 11.4. The zero-order chi connectivity index (χ0) is 14.0. The van der Waals surface area contributed by atoms with Gasteiger partial charge in [-0.2, -0.15) is 5.26 Å². The highest BCUT2D eigenvalue weighted by Crippen LogP contribution is 2.18. The van der Waals surface area contributed by atoms with Gasteiger partial charge in [0.2, 0.25) is 0 Å². The molecule has 1 aliphatic heterocycles. The minimum Gasteiger partial charge on any atom is -0.354 e. The predicted molar refractivity (Wildman–Crippen MR) is 73.1 cm³/mol. The van der Waals surface area contributed by atoms with Gasteiger partial charge < -0.3 is 9.88 Å². The van der Waals surface area contributed by atoms with Crippen molar-refractivity contribution in [1.82, 2.24) is 14.9 Å². The summed E-state index contributed by atoms with van der Waals surface area (Å²) in [7, 11) is 0. The smallest absolute Gasteiger partial charge is 0.252 e. The molecule has 1 saturated heterocycles. The van der Waals surface area contributed by atoms with Crippen LogP contribution in [0.5, 0.6) is 0 Å². The zero-order valence-corrected chi connectivity index (χ0v) is 11.6. The number of nitrogens with one attached hydrogen (secondary N) is 1. The van der Waals surface area contributed by atoms with Crippen molar-refractivity contribution in [2.75, 3.05) is 31.1 Å². The first-order valence-corrected chi connectivity index (χ1v) is 6.41. The number of aromatic amines is 1. The molecule has 0 unspecified atom stereocenters. The van der Waals surface area contributed by atoms with Crippen LogP contribution in [-0.4, -0.2) is 46.6 Å². The molecule has 2 heterocycles. The molecule has 0 amide bonds. The molecule has 0 radical (unpaired) electrons. The summed E-state index contributed by atoms with van der Waals surface area (Å²) < 4.78 is 0. The van der Waals surface area contributed by atoms with Crippen LogP contribution in [-0.2, 0) is 0 Å². The van der Waals surface area contributed by atoms with E-state index in [1.54, 1.807) is 6.92 Å². The fourth-order valence-corrected chi connectivity index (χ4v) is 2.29. The van der Waals surface area contributed by atoms with Crippen molar-refractivity contribution in [3.63, 3.8) is 0 Å². The van der Waals surface area contributed by atoms with Crippen molar-refractivity contribution < 1.29 is 0 Å². The highest BCUT2D eigenvalue weighted by atomic mass is 16.1. The van der Waals surface area contributed by atoms with Gasteiger partial charge in [0, 0.05) is 32.2 Å². The Bertz CT molecular complexity index is 549. The Labute approximate surface area is 112 Å². The molecular formula is C13H19N5O. The molecule has 6 heteroatoms. The first-order chi connectivity index (χ1) is 8.92. The number of nitriles is 1. The summed E-state index contributed by atoms with van der Waals surface area (Å²) in [6, 6.07) is 3.85. The average molecular weight is 261 g/mol. The second-order valence-electron chi connectivity index (χ2n) is 5.33. The van der Waals surface area contributed by atoms with E-state index in [9.17, 15) is 4.79 Å². The molecule has 1 aromatic rings. The van der Waals surface area contributed by atoms with Crippen LogP contribution < -0.4 is 10.5 Å². The van der Waals surface area contributed by atoms with Crippen LogP contribution in [0.3, 0.4) is 0 Å². The lowest BCUT2D eigenvalue weighted by atomic mass is 10.0. The Hall–Kier alpha value is -1.87. The van der Waals surface area contributed by atoms with Crippen LogP contribution in [0.1, 0.15) is 19.7 Å². The maximum absolute atomic E-state index is 11.4. The number of aromatic nitrogens is 2. The minimum absolute atomic E-state index is 0.123. The summed E-state index contributed by atoms with van der Waals surface area (Å²) >= 11 is 0. The van der Waals surface area contributed by atoms with E-state index >= 15 is 0 Å². The number of hydrogen-bond acceptors (Lipinski definition) is 5. The second-order valence-corrected chi connectivity index (χ2v) is 5.33. The Morgan fingerprint density at radius 2 is 2.00 bits per heavy atom. The van der Waals surface area contributed by atoms with Gasteiger partial charge >= 0.3 is 0 Å². The monoisotopic (exact) mass is 261 g/mol. The highest BCUT2D eigenvalue weighted by Gasteiger charge is 2.30. The Kier molecular flexibility index (Phi) is 3.58. The Morgan fingerprint density at radius 1 is 1.37 bits per heavy atom. The molecule has 0 saturated carbocycles. The number of H-pyrrole nitrogens is 1. The molecule has 19 heavy (non-hydrogen) atoms. The third-order valence-corrected chi connectivity index (χ3v) is 3.51. The molecule has 2 rings (SSSR count). The van der Waals surface area contributed by atoms with Gasteiger partial charge in [-0.15, -0.1) is 0 Å². The summed E-state index contributed by atoms with van der Waals surface area (Å²) in [5, 5.41) is 9.14. The summed E-state index contributed by atoms with van der Waals surface area (Å²) in [4.78, 5) is 22.7. The lowest BCUT2D eigenvalue weighted by Gasteiger charge is -2.40. The lowest BCUT2D eigenvalue weighted by molar-refractivity contribution is 0.157. The number of hydrogen-bond donors (Lipinski definition) is 1. The molecule has 1 N–H and O–H groups in total. The second kappa shape index (κ2) is 5.02. The average Bonchev–Trinajstić information content (AvgIpc) is 2.38. The van der Waals surface area contributed by atoms with Crippen molar-refractivity contribution in [2.24, 2.45) is 0 Å². The van der Waals surface area contributed by atoms with Gasteiger partial charge in [0.25, 0.3) is 5.56 Å². The first kappa shape index (κ1) is 13.6. The molecular weight excluding hydrogens is 242 g/mol. The van der Waals surface area contributed by atoms with Crippen molar-refractivity contribution >= 4 is 5.82 Å². The lowest BCUT2D eigenvalue weighted by Crippen LogP contribution is -2.54. The van der Waals surface area contributed by atoms with Gasteiger partial charge in [-0.1, -0.05) is 0 Å². The molecule has 1 aromatic heterocycles. The summed E-state index contributed by atoms with van der Waals surface area (Å²) in [6.45, 7) is 8.79. The molecule has 1 aliphatic rings. The van der Waals surface area contributed by atoms with Gasteiger partial charge in [0.05, 0.1) is 6.07 Å². The van der Waals surface area contributed by atoms with Gasteiger partial charge in [-0.25, -0.2) is 4.98 Å². The van der Waals surface area contributed by atoms with E-state index in [4.69, 9.17) is 5.26 Å². The molecule has 0 bridgehead atoms. The number of nitrogens with zero attached hydrogens (tertiary/aromatic N) is 4. The maximum Gasteiger partial charge on any atom is 0.252 e. The van der Waals surface area contributed by atoms with E-state index in [2.05, 4.69) is 25.8 Å². The molecule has 102 valence electrons. The van der Waals surface area contributed by atoms with Crippen LogP contribution in [0, 0.1) is 18.3 Å². The molecule has 0 spiro atoms. The Balaban J connectivity index is 2.08. The standard InChI is InChI=1S/C13H19N5O/c1-10-15-11(8-12(19)16-10)17-4-6-18(7-5-17)13(2,3)9-14/h8H,4-7H2,1-3H3,(H,15,16,19). The highest BCUT2D eigenvalue weighted by molar-refractivity contribution is 5.38. The van der Waals surface area contributed by atoms with Crippen molar-refractivity contribution in [3.8, 4) is 6.07 Å². The quantitative estimate of drug-likeness (QED) is 0.839. The first-order valence-electron chi connectivity index (χ1n) is 6.41. The number of piperazine rings is 1. The Morgan fingerprint density at radius 3 is 2.53 bits per heavy atom. The van der Waals surface area contributed by atoms with Crippen LogP contribution in [0.15, 0.2) is 10.9 Å². The summed E-state index contributed by atoms with van der Waals surface area (Å²) in [5.74, 6) is 1.35. The largest absolute Gasteiger partial charge is 0.354 e. The van der Waals surface area contributed by atoms with Gasteiger partial charge in [-0.05, 0) is 20.8 Å². The van der Waals surface area contributed by atoms with Gasteiger partial charge in [0.1, 0.15) is 17.2 Å². The topological polar surface area (TPSA) is 76.0 Å². The van der Waals surface area contributed by atoms with E-state index in [1.807, 2.05) is 13.8 Å². The fourth-order valence-electron chi connectivity index (χ4n) is 2.29. The van der Waals surface area contributed by atoms with Crippen LogP contribution in [0.4, 0.5) is 5.82 Å². The normalized spacial score (nSPS) is 17.3. The fraction of sp³-hybridized carbons (Fsp3) is 0.615. The molecule has 0 aromatic carbocycles. The van der Waals surface area contributed by atoms with Crippen molar-refractivity contribution in [2.45, 2.75) is 26.3 Å². The van der Waals surface area contributed by atoms with E-state index in [-0.39, 0.29) is 5.56 Å². The van der Waals surface area contributed by atoms with Gasteiger partial charge in [0.15, 0.2) is 0 Å². The number of rotatable bonds is 2. The van der Waals surface area contributed by atoms with Crippen molar-refractivity contribution in [3.05, 3.63) is 22.2 Å². The van der Waals surface area contributed by atoms with Crippen LogP contribution in [0.25, 0.3) is 0 Å². The van der Waals surface area contributed by atoms with Crippen molar-refractivity contribution in [1.29, 1.82) is 5.26 Å². The number of anilines is 1. The third kappa shape index (κ3) is 2.93. The van der Waals surface area contributed by atoms with Crippen LogP contribution in [0.2, 0.25) is 0 Å². The third-order valence-electron chi connectivity index (χ3n) is 3.51. The SMILES string of the molecule is Cc1nc(N2CCN(C(C)(C)C#N)CC2)cc(=O)[nH]1. The molecule has 1 fully saturated rings. The van der Waals surface area contributed by atoms with E-state index < -0.39 is 5.54 Å². The summed E-state index contributed by atoms with van der Waals surface area (Å²) in [5.41, 5.74) is -0.564. The summed E-state index contributed by atoms with van der Waals surface area (Å²) in [6.07, 6.45) is 0. The van der Waals surface area contributed by atoms with Crippen LogP contribution >= 0.6 is 0 Å². The van der Waals surface area contributed by atoms with Gasteiger partial charge in [-0.3, -0.25) is 9.69 Å². The molecule has 0 aliphatic carbocycles. The molecule has 6 nitrogen and oxygen atoms in total. The van der Waals surface area contributed by atoms with E-state index in [0.29, 0.717) is 5.82 Å². The minimum atomic E-state index is -0.441. The predicted octanol–water partition coefficient (Wildman–Crippen LogP) is 0.502. The van der Waals surface area contributed by atoms with E-state index in [0.717, 1.165) is 32.0 Å². The van der Waals surface area contributed by atoms with E-state index in [1.165, 1.54) is 6.07 Å². The molecule has 0 atom stereocenters. The number of aryl methyl sites for hydroxylation is 1.